The van der Waals surface area contributed by atoms with E-state index in [1.807, 2.05) is 0 Å². The number of hydrogen-bond acceptors (Lipinski definition) is 1. The Morgan fingerprint density at radius 2 is 1.87 bits per heavy atom. The van der Waals surface area contributed by atoms with Gasteiger partial charge in [-0.2, -0.15) is 0 Å². The van der Waals surface area contributed by atoms with Crippen molar-refractivity contribution in [2.24, 2.45) is 0 Å². The Kier molecular flexibility index (Phi) is 3.75. The molecule has 0 spiro atoms. The second-order valence-corrected chi connectivity index (χ2v) is 3.05. The Hall–Kier alpha value is -1.47. The van der Waals surface area contributed by atoms with Crippen LogP contribution in [0.15, 0.2) is 12.1 Å². The van der Waals surface area contributed by atoms with E-state index in [-0.39, 0.29) is 12.5 Å². The van der Waals surface area contributed by atoms with Crippen LogP contribution in [0.25, 0.3) is 0 Å². The molecule has 1 nitrogen and oxygen atoms in total. The summed E-state index contributed by atoms with van der Waals surface area (Å²) >= 11 is 0. The van der Waals surface area contributed by atoms with Gasteiger partial charge in [-0.25, -0.2) is 13.2 Å². The summed E-state index contributed by atoms with van der Waals surface area (Å²) in [6.07, 6.45) is 5.38. The number of rotatable bonds is 3. The molecule has 0 aliphatic heterocycles. The maximum absolute atomic E-state index is 12.9. The Bertz CT molecular complexity index is 372. The molecule has 1 atom stereocenters. The highest BCUT2D eigenvalue weighted by molar-refractivity contribution is 5.23. The van der Waals surface area contributed by atoms with E-state index in [9.17, 15) is 13.2 Å². The number of nitrogens with one attached hydrogen (secondary N) is 1. The van der Waals surface area contributed by atoms with Gasteiger partial charge in [0.2, 0.25) is 0 Å². The lowest BCUT2D eigenvalue weighted by Gasteiger charge is -2.13. The van der Waals surface area contributed by atoms with Gasteiger partial charge in [-0.05, 0) is 24.7 Å². The lowest BCUT2D eigenvalue weighted by molar-refractivity contribution is 0.441. The molecule has 1 aromatic carbocycles. The van der Waals surface area contributed by atoms with Gasteiger partial charge in [0.05, 0.1) is 0 Å². The zero-order valence-corrected chi connectivity index (χ0v) is 8.15. The molecule has 80 valence electrons. The molecular formula is C11H10F3N. The van der Waals surface area contributed by atoms with Gasteiger partial charge in [-0.15, -0.1) is 12.3 Å². The SMILES string of the molecule is C#CCC(NC)c1cc(F)c(F)c(F)c1. The van der Waals surface area contributed by atoms with Crippen LogP contribution in [0.3, 0.4) is 0 Å². The summed E-state index contributed by atoms with van der Waals surface area (Å²) in [5.74, 6) is -1.51. The normalized spacial score (nSPS) is 12.2. The second-order valence-electron chi connectivity index (χ2n) is 3.05. The standard InChI is InChI=1S/C11H10F3N/c1-3-4-10(15-2)7-5-8(12)11(14)9(13)6-7/h1,5-6,10,15H,4H2,2H3. The van der Waals surface area contributed by atoms with Crippen LogP contribution in [0.5, 0.6) is 0 Å². The molecule has 0 heterocycles. The van der Waals surface area contributed by atoms with Crippen LogP contribution in [0.1, 0.15) is 18.0 Å². The van der Waals surface area contributed by atoms with E-state index >= 15 is 0 Å². The molecule has 1 N–H and O–H groups in total. The first-order valence-electron chi connectivity index (χ1n) is 4.35. The minimum Gasteiger partial charge on any atom is -0.312 e. The predicted molar refractivity (Wildman–Crippen MR) is 51.6 cm³/mol. The van der Waals surface area contributed by atoms with E-state index in [0.717, 1.165) is 12.1 Å². The Morgan fingerprint density at radius 1 is 1.33 bits per heavy atom. The van der Waals surface area contributed by atoms with Crippen molar-refractivity contribution in [3.8, 4) is 12.3 Å². The summed E-state index contributed by atoms with van der Waals surface area (Å²) in [5.41, 5.74) is 0.298. The van der Waals surface area contributed by atoms with Crippen molar-refractivity contribution in [3.63, 3.8) is 0 Å². The van der Waals surface area contributed by atoms with Crippen LogP contribution in [-0.2, 0) is 0 Å². The van der Waals surface area contributed by atoms with Crippen molar-refractivity contribution in [1.82, 2.24) is 5.32 Å². The highest BCUT2D eigenvalue weighted by Gasteiger charge is 2.15. The summed E-state index contributed by atoms with van der Waals surface area (Å²) in [6.45, 7) is 0. The first kappa shape index (κ1) is 11.6. The highest BCUT2D eigenvalue weighted by Crippen LogP contribution is 2.20. The molecule has 1 rings (SSSR count). The average Bonchev–Trinajstić information content (AvgIpc) is 2.22. The van der Waals surface area contributed by atoms with Crippen molar-refractivity contribution in [2.45, 2.75) is 12.5 Å². The van der Waals surface area contributed by atoms with E-state index in [0.29, 0.717) is 5.56 Å². The van der Waals surface area contributed by atoms with Gasteiger partial charge in [0, 0.05) is 12.5 Å². The first-order valence-corrected chi connectivity index (χ1v) is 4.35. The van der Waals surface area contributed by atoms with Crippen molar-refractivity contribution in [2.75, 3.05) is 7.05 Å². The molecule has 0 fully saturated rings. The van der Waals surface area contributed by atoms with Gasteiger partial charge in [0.1, 0.15) is 0 Å². The fourth-order valence-corrected chi connectivity index (χ4v) is 1.28. The molecule has 0 radical (unpaired) electrons. The number of halogens is 3. The number of hydrogen-bond donors (Lipinski definition) is 1. The quantitative estimate of drug-likeness (QED) is 0.600. The number of terminal acetylenes is 1. The van der Waals surface area contributed by atoms with Crippen LogP contribution in [0.2, 0.25) is 0 Å². The highest BCUT2D eigenvalue weighted by atomic mass is 19.2. The van der Waals surface area contributed by atoms with Crippen molar-refractivity contribution < 1.29 is 13.2 Å². The summed E-state index contributed by atoms with van der Waals surface area (Å²) in [5, 5.41) is 2.79. The van der Waals surface area contributed by atoms with Gasteiger partial charge in [0.25, 0.3) is 0 Å². The first-order chi connectivity index (χ1) is 7.10. The molecule has 0 aromatic heterocycles. The van der Waals surface area contributed by atoms with Gasteiger partial charge < -0.3 is 5.32 Å². The largest absolute Gasteiger partial charge is 0.312 e. The Balaban J connectivity index is 3.10. The van der Waals surface area contributed by atoms with Crippen LogP contribution in [0, 0.1) is 29.8 Å². The Morgan fingerprint density at radius 3 is 2.27 bits per heavy atom. The molecule has 1 aromatic rings. The summed E-state index contributed by atoms with van der Waals surface area (Å²) in [7, 11) is 1.61. The van der Waals surface area contributed by atoms with Gasteiger partial charge >= 0.3 is 0 Å². The van der Waals surface area contributed by atoms with E-state index < -0.39 is 17.5 Å². The van der Waals surface area contributed by atoms with Gasteiger partial charge in [-0.3, -0.25) is 0 Å². The number of benzene rings is 1. The molecule has 0 amide bonds. The predicted octanol–water partition coefficient (Wildman–Crippen LogP) is 2.39. The summed E-state index contributed by atoms with van der Waals surface area (Å²) in [6, 6.07) is 1.51. The maximum Gasteiger partial charge on any atom is 0.194 e. The average molecular weight is 213 g/mol. The molecule has 0 aliphatic rings. The minimum atomic E-state index is -1.46. The zero-order valence-electron chi connectivity index (χ0n) is 8.15. The molecular weight excluding hydrogens is 203 g/mol. The minimum absolute atomic E-state index is 0.279. The van der Waals surface area contributed by atoms with E-state index in [4.69, 9.17) is 6.42 Å². The fourth-order valence-electron chi connectivity index (χ4n) is 1.28. The molecule has 0 bridgehead atoms. The third-order valence-electron chi connectivity index (χ3n) is 2.08. The van der Waals surface area contributed by atoms with Crippen molar-refractivity contribution in [1.29, 1.82) is 0 Å². The van der Waals surface area contributed by atoms with Gasteiger partial charge in [0.15, 0.2) is 17.5 Å². The molecule has 0 aliphatic carbocycles. The van der Waals surface area contributed by atoms with E-state index in [1.165, 1.54) is 0 Å². The smallest absolute Gasteiger partial charge is 0.194 e. The van der Waals surface area contributed by atoms with E-state index in [2.05, 4.69) is 11.2 Å². The Labute approximate surface area is 86.3 Å². The second kappa shape index (κ2) is 4.85. The molecule has 4 heteroatoms. The summed E-state index contributed by atoms with van der Waals surface area (Å²) < 4.78 is 38.4. The van der Waals surface area contributed by atoms with Crippen LogP contribution < -0.4 is 5.32 Å². The molecule has 0 saturated carbocycles. The van der Waals surface area contributed by atoms with Crippen LogP contribution >= 0.6 is 0 Å². The van der Waals surface area contributed by atoms with E-state index in [1.54, 1.807) is 7.05 Å². The third kappa shape index (κ3) is 2.51. The monoisotopic (exact) mass is 213 g/mol. The van der Waals surface area contributed by atoms with Crippen LogP contribution in [-0.4, -0.2) is 7.05 Å². The van der Waals surface area contributed by atoms with Crippen molar-refractivity contribution in [3.05, 3.63) is 35.1 Å². The lowest BCUT2D eigenvalue weighted by atomic mass is 10.0. The fraction of sp³-hybridized carbons (Fsp3) is 0.273. The summed E-state index contributed by atoms with van der Waals surface area (Å²) in [4.78, 5) is 0. The zero-order chi connectivity index (χ0) is 11.4. The lowest BCUT2D eigenvalue weighted by Crippen LogP contribution is -2.16. The molecule has 15 heavy (non-hydrogen) atoms. The topological polar surface area (TPSA) is 12.0 Å². The molecule has 1 unspecified atom stereocenters. The van der Waals surface area contributed by atoms with Gasteiger partial charge in [-0.1, -0.05) is 0 Å². The molecule has 0 saturated heterocycles. The maximum atomic E-state index is 12.9. The van der Waals surface area contributed by atoms with Crippen molar-refractivity contribution >= 4 is 0 Å². The third-order valence-corrected chi connectivity index (χ3v) is 2.08. The van der Waals surface area contributed by atoms with Crippen LogP contribution in [0.4, 0.5) is 13.2 Å².